The molecule has 2 N–H and O–H groups in total. The zero-order valence-electron chi connectivity index (χ0n) is 19.2. The number of rotatable bonds is 10. The summed E-state index contributed by atoms with van der Waals surface area (Å²) in [5.41, 5.74) is 2.15. The quantitative estimate of drug-likeness (QED) is 0.302. The van der Waals surface area contributed by atoms with Crippen LogP contribution in [-0.4, -0.2) is 26.3 Å². The van der Waals surface area contributed by atoms with Crippen molar-refractivity contribution in [3.63, 3.8) is 0 Å². The molecule has 4 rings (SSSR count). The molecule has 10 heteroatoms. The highest BCUT2D eigenvalue weighted by Gasteiger charge is 2.13. The Morgan fingerprint density at radius 3 is 2.56 bits per heavy atom. The molecule has 4 aromatic rings. The van der Waals surface area contributed by atoms with Gasteiger partial charge in [0.15, 0.2) is 0 Å². The van der Waals surface area contributed by atoms with Gasteiger partial charge in [-0.25, -0.2) is 14.2 Å². The van der Waals surface area contributed by atoms with E-state index in [1.807, 2.05) is 13.0 Å². The number of amides is 1. The lowest BCUT2D eigenvalue weighted by Crippen LogP contribution is -2.14. The first kappa shape index (κ1) is 25.0. The maximum Gasteiger partial charge on any atom is 0.337 e. The van der Waals surface area contributed by atoms with E-state index in [1.165, 1.54) is 35.8 Å². The van der Waals surface area contributed by atoms with E-state index in [2.05, 4.69) is 14.7 Å². The second kappa shape index (κ2) is 11.5. The number of pyridine rings is 1. The Bertz CT molecular complexity index is 1370. The lowest BCUT2D eigenvalue weighted by Gasteiger charge is -2.12. The molecule has 1 amide bonds. The van der Waals surface area contributed by atoms with Crippen LogP contribution in [0.4, 0.5) is 10.2 Å². The molecule has 0 aliphatic rings. The number of carboxylic acid groups (broad SMARTS) is 1. The van der Waals surface area contributed by atoms with Crippen molar-refractivity contribution in [1.82, 2.24) is 9.36 Å². The fourth-order valence-corrected chi connectivity index (χ4v) is 3.83. The van der Waals surface area contributed by atoms with Crippen LogP contribution in [0.25, 0.3) is 0 Å². The average molecular weight is 508 g/mol. The largest absolute Gasteiger partial charge is 0.489 e. The number of nitrogens with one attached hydrogen (secondary N) is 1. The van der Waals surface area contributed by atoms with Crippen LogP contribution in [0.5, 0.6) is 5.75 Å². The molecule has 0 aliphatic carbocycles. The third-order valence-corrected chi connectivity index (χ3v) is 5.76. The summed E-state index contributed by atoms with van der Waals surface area (Å²) in [7, 11) is 0. The maximum atomic E-state index is 14.0. The van der Waals surface area contributed by atoms with E-state index in [1.54, 1.807) is 30.3 Å². The molecule has 184 valence electrons. The van der Waals surface area contributed by atoms with E-state index in [0.717, 1.165) is 16.8 Å². The van der Waals surface area contributed by atoms with Gasteiger partial charge >= 0.3 is 5.97 Å². The highest BCUT2D eigenvalue weighted by atomic mass is 32.1. The van der Waals surface area contributed by atoms with Crippen LogP contribution in [-0.2, 0) is 24.6 Å². The molecule has 2 heterocycles. The third-order valence-electron chi connectivity index (χ3n) is 5.03. The minimum absolute atomic E-state index is 0.00582. The number of anilines is 1. The van der Waals surface area contributed by atoms with E-state index in [-0.39, 0.29) is 36.0 Å². The summed E-state index contributed by atoms with van der Waals surface area (Å²) in [6.07, 6.45) is 1.16. The van der Waals surface area contributed by atoms with Crippen molar-refractivity contribution in [2.45, 2.75) is 26.7 Å². The monoisotopic (exact) mass is 507 g/mol. The number of hydrogen-bond acceptors (Lipinski definition) is 7. The van der Waals surface area contributed by atoms with Crippen LogP contribution in [0.15, 0.2) is 66.9 Å². The van der Waals surface area contributed by atoms with Crippen LogP contribution < -0.4 is 10.1 Å². The van der Waals surface area contributed by atoms with Gasteiger partial charge in [-0.15, -0.1) is 0 Å². The Morgan fingerprint density at radius 2 is 1.86 bits per heavy atom. The van der Waals surface area contributed by atoms with Crippen LogP contribution in [0, 0.1) is 12.7 Å². The molecular formula is C26H22FN3O5S. The van der Waals surface area contributed by atoms with Gasteiger partial charge < -0.3 is 19.9 Å². The van der Waals surface area contributed by atoms with Crippen molar-refractivity contribution < 1.29 is 28.6 Å². The van der Waals surface area contributed by atoms with Gasteiger partial charge in [0, 0.05) is 22.2 Å². The number of benzene rings is 2. The number of aromatic carboxylic acids is 1. The topological polar surface area (TPSA) is 111 Å². The molecule has 8 nitrogen and oxygen atoms in total. The fraction of sp³-hybridized carbons (Fsp3) is 0.154. The van der Waals surface area contributed by atoms with Gasteiger partial charge in [0.2, 0.25) is 0 Å². The normalized spacial score (nSPS) is 10.7. The summed E-state index contributed by atoms with van der Waals surface area (Å²) in [6.45, 7) is 2.45. The molecule has 0 saturated heterocycles. The minimum atomic E-state index is -1.11. The van der Waals surface area contributed by atoms with Gasteiger partial charge in [-0.05, 0) is 66.5 Å². The zero-order chi connectivity index (χ0) is 25.5. The second-order valence-electron chi connectivity index (χ2n) is 7.86. The highest BCUT2D eigenvalue weighted by Crippen LogP contribution is 2.22. The lowest BCUT2D eigenvalue weighted by molar-refractivity contribution is 0.0696. The van der Waals surface area contributed by atoms with Crippen molar-refractivity contribution in [2.24, 2.45) is 0 Å². The van der Waals surface area contributed by atoms with E-state index in [4.69, 9.17) is 14.6 Å². The highest BCUT2D eigenvalue weighted by molar-refractivity contribution is 7.05. The van der Waals surface area contributed by atoms with Crippen LogP contribution >= 0.6 is 11.5 Å². The first-order valence-electron chi connectivity index (χ1n) is 10.9. The first-order valence-corrected chi connectivity index (χ1v) is 11.7. The third kappa shape index (κ3) is 6.71. The SMILES string of the molecule is Cc1cc(COCc2cc(OCc3ccccc3F)cc(C(=O)Nc3ccc(C(=O)O)cn3)c2)ns1. The standard InChI is InChI=1S/C26H22FN3O5S/c1-16-8-21(30-36-16)15-34-13-17-9-20(25(31)29-24-7-6-18(12-28-24)26(32)33)11-22(10-17)35-14-19-4-2-3-5-23(19)27/h2-12H,13-15H2,1H3,(H,32,33)(H,28,29,31). The zero-order valence-corrected chi connectivity index (χ0v) is 20.0. The maximum absolute atomic E-state index is 14.0. The summed E-state index contributed by atoms with van der Waals surface area (Å²) in [6, 6.07) is 15.9. The molecule has 0 bridgehead atoms. The number of carbonyl (C=O) groups is 2. The molecule has 2 aromatic heterocycles. The Kier molecular flexibility index (Phi) is 7.99. The fourth-order valence-electron chi connectivity index (χ4n) is 3.28. The number of ether oxygens (including phenoxy) is 2. The number of nitrogens with zero attached hydrogens (tertiary/aromatic N) is 2. The molecule has 0 radical (unpaired) electrons. The molecule has 0 unspecified atom stereocenters. The van der Waals surface area contributed by atoms with Gasteiger partial charge in [0.25, 0.3) is 5.91 Å². The number of aryl methyl sites for hydroxylation is 1. The van der Waals surface area contributed by atoms with E-state index in [0.29, 0.717) is 23.5 Å². The molecule has 0 fully saturated rings. The smallest absolute Gasteiger partial charge is 0.337 e. The summed E-state index contributed by atoms with van der Waals surface area (Å²) < 4.78 is 29.9. The Morgan fingerprint density at radius 1 is 1.03 bits per heavy atom. The summed E-state index contributed by atoms with van der Waals surface area (Å²) in [4.78, 5) is 29.0. The van der Waals surface area contributed by atoms with Crippen molar-refractivity contribution >= 4 is 29.2 Å². The van der Waals surface area contributed by atoms with Crippen LogP contribution in [0.3, 0.4) is 0 Å². The van der Waals surface area contributed by atoms with Crippen LogP contribution in [0.1, 0.15) is 42.4 Å². The number of hydrogen-bond donors (Lipinski definition) is 2. The van der Waals surface area contributed by atoms with Gasteiger partial charge in [-0.2, -0.15) is 4.37 Å². The Labute approximate surface area is 210 Å². The summed E-state index contributed by atoms with van der Waals surface area (Å²) >= 11 is 1.40. The lowest BCUT2D eigenvalue weighted by atomic mass is 10.1. The molecule has 36 heavy (non-hydrogen) atoms. The molecule has 0 aliphatic heterocycles. The predicted molar refractivity (Wildman–Crippen MR) is 132 cm³/mol. The molecule has 0 spiro atoms. The minimum Gasteiger partial charge on any atom is -0.489 e. The first-order chi connectivity index (χ1) is 17.4. The van der Waals surface area contributed by atoms with Crippen molar-refractivity contribution in [3.8, 4) is 5.75 Å². The molecule has 0 atom stereocenters. The summed E-state index contributed by atoms with van der Waals surface area (Å²) in [5.74, 6) is -1.41. The predicted octanol–water partition coefficient (Wildman–Crippen LogP) is 5.23. The number of halogens is 1. The van der Waals surface area contributed by atoms with E-state index >= 15 is 0 Å². The van der Waals surface area contributed by atoms with Crippen molar-refractivity contribution in [1.29, 1.82) is 0 Å². The van der Waals surface area contributed by atoms with E-state index in [9.17, 15) is 14.0 Å². The van der Waals surface area contributed by atoms with E-state index < -0.39 is 11.9 Å². The van der Waals surface area contributed by atoms with Gasteiger partial charge in [-0.1, -0.05) is 18.2 Å². The van der Waals surface area contributed by atoms with Crippen molar-refractivity contribution in [3.05, 3.63) is 106 Å². The Balaban J connectivity index is 1.51. The van der Waals surface area contributed by atoms with Gasteiger partial charge in [0.05, 0.1) is 24.5 Å². The average Bonchev–Trinajstić information content (AvgIpc) is 3.28. The Hall–Kier alpha value is -4.15. The number of aromatic nitrogens is 2. The van der Waals surface area contributed by atoms with Gasteiger partial charge in [-0.3, -0.25) is 4.79 Å². The number of carbonyl (C=O) groups excluding carboxylic acids is 1. The van der Waals surface area contributed by atoms with Crippen molar-refractivity contribution in [2.75, 3.05) is 5.32 Å². The summed E-state index contributed by atoms with van der Waals surface area (Å²) in [5, 5.41) is 11.6. The van der Waals surface area contributed by atoms with Gasteiger partial charge in [0.1, 0.15) is 24.0 Å². The second-order valence-corrected chi connectivity index (χ2v) is 8.87. The van der Waals surface area contributed by atoms with Crippen LogP contribution in [0.2, 0.25) is 0 Å². The molecular weight excluding hydrogens is 485 g/mol. The number of carboxylic acids is 1. The molecule has 2 aromatic carbocycles. The molecule has 0 saturated carbocycles.